The lowest BCUT2D eigenvalue weighted by molar-refractivity contribution is 0.540. The first-order chi connectivity index (χ1) is 5.35. The van der Waals surface area contributed by atoms with E-state index in [9.17, 15) is 0 Å². The molecule has 1 unspecified atom stereocenters. The van der Waals surface area contributed by atoms with E-state index in [1.807, 2.05) is 12.1 Å². The van der Waals surface area contributed by atoms with E-state index in [1.54, 1.807) is 6.08 Å². The second-order valence-corrected chi connectivity index (χ2v) is 2.80. The minimum Gasteiger partial charge on any atom is -0.193 e. The molecule has 0 aliphatic carbocycles. The lowest BCUT2D eigenvalue weighted by atomic mass is 9.99. The monoisotopic (exact) mass is 151 g/mol. The van der Waals surface area contributed by atoms with Gasteiger partial charge in [-0.25, -0.2) is 0 Å². The maximum absolute atomic E-state index is 8.30. The summed E-state index contributed by atoms with van der Waals surface area (Å²) < 4.78 is 0. The van der Waals surface area contributed by atoms with Crippen molar-refractivity contribution in [2.45, 2.75) is 39.5 Å². The van der Waals surface area contributed by atoms with Gasteiger partial charge in [0.15, 0.2) is 0 Å². The van der Waals surface area contributed by atoms with Crippen molar-refractivity contribution in [2.75, 3.05) is 0 Å². The molecular formula is C10H17N. The SMILES string of the molecule is CCCCC(/C=C/C#N)CC. The average Bonchev–Trinajstić information content (AvgIpc) is 2.05. The summed E-state index contributed by atoms with van der Waals surface area (Å²) >= 11 is 0. The number of rotatable bonds is 5. The summed E-state index contributed by atoms with van der Waals surface area (Å²) in [4.78, 5) is 0. The minimum absolute atomic E-state index is 0.620. The van der Waals surface area contributed by atoms with Crippen molar-refractivity contribution < 1.29 is 0 Å². The normalized spacial score (nSPS) is 13.2. The molecule has 0 aromatic rings. The standard InChI is InChI=1S/C10H17N/c1-3-5-7-10(4-2)8-6-9-11/h6,8,10H,3-5,7H2,1-2H3/b8-6+. The number of nitrogens with zero attached hydrogens (tertiary/aromatic N) is 1. The highest BCUT2D eigenvalue weighted by atomic mass is 14.2. The Morgan fingerprint density at radius 1 is 1.45 bits per heavy atom. The summed E-state index contributed by atoms with van der Waals surface area (Å²) in [6.07, 6.45) is 8.52. The second kappa shape index (κ2) is 7.34. The van der Waals surface area contributed by atoms with Crippen LogP contribution in [0.5, 0.6) is 0 Å². The Bertz CT molecular complexity index is 141. The molecule has 1 atom stereocenters. The molecule has 1 nitrogen and oxygen atoms in total. The fourth-order valence-electron chi connectivity index (χ4n) is 1.08. The van der Waals surface area contributed by atoms with Gasteiger partial charge in [-0.15, -0.1) is 0 Å². The van der Waals surface area contributed by atoms with Crippen LogP contribution in [0.4, 0.5) is 0 Å². The van der Waals surface area contributed by atoms with Gasteiger partial charge in [-0.1, -0.05) is 32.8 Å². The van der Waals surface area contributed by atoms with Crippen molar-refractivity contribution in [3.05, 3.63) is 12.2 Å². The van der Waals surface area contributed by atoms with Crippen LogP contribution in [0, 0.1) is 17.2 Å². The van der Waals surface area contributed by atoms with Crippen LogP contribution in [0.2, 0.25) is 0 Å². The Morgan fingerprint density at radius 3 is 2.64 bits per heavy atom. The molecule has 0 heterocycles. The highest BCUT2D eigenvalue weighted by Crippen LogP contribution is 2.13. The molecule has 1 heteroatoms. The number of allylic oxidation sites excluding steroid dienone is 2. The van der Waals surface area contributed by atoms with Crippen molar-refractivity contribution in [1.29, 1.82) is 5.26 Å². The molecule has 0 bridgehead atoms. The summed E-state index contributed by atoms with van der Waals surface area (Å²) in [6, 6.07) is 2.03. The van der Waals surface area contributed by atoms with Gasteiger partial charge in [-0.05, 0) is 18.8 Å². The van der Waals surface area contributed by atoms with E-state index in [2.05, 4.69) is 13.8 Å². The third-order valence-corrected chi connectivity index (χ3v) is 1.90. The molecule has 0 saturated heterocycles. The lowest BCUT2D eigenvalue weighted by Crippen LogP contribution is -1.93. The number of nitriles is 1. The molecule has 0 N–H and O–H groups in total. The van der Waals surface area contributed by atoms with Gasteiger partial charge in [0.05, 0.1) is 6.07 Å². The van der Waals surface area contributed by atoms with Crippen molar-refractivity contribution in [2.24, 2.45) is 5.92 Å². The first-order valence-electron chi connectivity index (χ1n) is 4.41. The van der Waals surface area contributed by atoms with Crippen LogP contribution in [0.3, 0.4) is 0 Å². The second-order valence-electron chi connectivity index (χ2n) is 2.80. The molecule has 0 saturated carbocycles. The first kappa shape index (κ1) is 10.2. The van der Waals surface area contributed by atoms with E-state index in [4.69, 9.17) is 5.26 Å². The Labute approximate surface area is 69.7 Å². The number of unbranched alkanes of at least 4 members (excludes halogenated alkanes) is 1. The maximum atomic E-state index is 8.30. The van der Waals surface area contributed by atoms with Crippen molar-refractivity contribution in [1.82, 2.24) is 0 Å². The first-order valence-corrected chi connectivity index (χ1v) is 4.41. The Morgan fingerprint density at radius 2 is 2.18 bits per heavy atom. The van der Waals surface area contributed by atoms with E-state index in [0.29, 0.717) is 5.92 Å². The molecule has 11 heavy (non-hydrogen) atoms. The van der Waals surface area contributed by atoms with Gasteiger partial charge in [0.2, 0.25) is 0 Å². The molecule has 0 fully saturated rings. The largest absolute Gasteiger partial charge is 0.193 e. The van der Waals surface area contributed by atoms with E-state index in [1.165, 1.54) is 19.3 Å². The van der Waals surface area contributed by atoms with E-state index in [-0.39, 0.29) is 0 Å². The van der Waals surface area contributed by atoms with Crippen LogP contribution in [0.15, 0.2) is 12.2 Å². The van der Waals surface area contributed by atoms with Crippen molar-refractivity contribution in [3.63, 3.8) is 0 Å². The summed E-state index contributed by atoms with van der Waals surface area (Å²) in [5, 5.41) is 8.30. The van der Waals surface area contributed by atoms with Crippen LogP contribution in [-0.2, 0) is 0 Å². The van der Waals surface area contributed by atoms with Crippen LogP contribution < -0.4 is 0 Å². The summed E-state index contributed by atoms with van der Waals surface area (Å²) in [5.41, 5.74) is 0. The molecule has 0 aromatic carbocycles. The highest BCUT2D eigenvalue weighted by molar-refractivity contribution is 5.03. The van der Waals surface area contributed by atoms with Gasteiger partial charge in [-0.2, -0.15) is 5.26 Å². The fraction of sp³-hybridized carbons (Fsp3) is 0.700. The number of hydrogen-bond acceptors (Lipinski definition) is 1. The predicted molar refractivity (Wildman–Crippen MR) is 48.1 cm³/mol. The third-order valence-electron chi connectivity index (χ3n) is 1.90. The van der Waals surface area contributed by atoms with Gasteiger partial charge in [0, 0.05) is 6.08 Å². The quantitative estimate of drug-likeness (QED) is 0.553. The molecule has 0 rings (SSSR count). The number of hydrogen-bond donors (Lipinski definition) is 0. The molecule has 0 radical (unpaired) electrons. The summed E-state index contributed by atoms with van der Waals surface area (Å²) in [5.74, 6) is 0.620. The predicted octanol–water partition coefficient (Wildman–Crippen LogP) is 3.28. The molecule has 0 aliphatic heterocycles. The Balaban J connectivity index is 3.59. The van der Waals surface area contributed by atoms with Gasteiger partial charge >= 0.3 is 0 Å². The van der Waals surface area contributed by atoms with Crippen LogP contribution >= 0.6 is 0 Å². The van der Waals surface area contributed by atoms with E-state index in [0.717, 1.165) is 6.42 Å². The van der Waals surface area contributed by atoms with Crippen LogP contribution in [0.1, 0.15) is 39.5 Å². The smallest absolute Gasteiger partial charge is 0.0908 e. The lowest BCUT2D eigenvalue weighted by Gasteiger charge is -2.06. The zero-order valence-electron chi connectivity index (χ0n) is 7.51. The summed E-state index contributed by atoms with van der Waals surface area (Å²) in [7, 11) is 0. The molecule has 0 aromatic heterocycles. The fourth-order valence-corrected chi connectivity index (χ4v) is 1.08. The van der Waals surface area contributed by atoms with Crippen LogP contribution in [-0.4, -0.2) is 0 Å². The van der Waals surface area contributed by atoms with Crippen molar-refractivity contribution >= 4 is 0 Å². The van der Waals surface area contributed by atoms with Gasteiger partial charge in [-0.3, -0.25) is 0 Å². The van der Waals surface area contributed by atoms with E-state index >= 15 is 0 Å². The molecular weight excluding hydrogens is 134 g/mol. The van der Waals surface area contributed by atoms with Crippen LogP contribution in [0.25, 0.3) is 0 Å². The molecule has 0 aliphatic rings. The Kier molecular flexibility index (Phi) is 6.82. The average molecular weight is 151 g/mol. The van der Waals surface area contributed by atoms with Gasteiger partial charge in [0.25, 0.3) is 0 Å². The van der Waals surface area contributed by atoms with E-state index < -0.39 is 0 Å². The highest BCUT2D eigenvalue weighted by Gasteiger charge is 1.99. The topological polar surface area (TPSA) is 23.8 Å². The maximum Gasteiger partial charge on any atom is 0.0908 e. The Hall–Kier alpha value is -0.770. The molecule has 0 spiro atoms. The van der Waals surface area contributed by atoms with Gasteiger partial charge in [0.1, 0.15) is 0 Å². The van der Waals surface area contributed by atoms with Gasteiger partial charge < -0.3 is 0 Å². The molecule has 62 valence electrons. The zero-order chi connectivity index (χ0) is 8.53. The van der Waals surface area contributed by atoms with Crippen molar-refractivity contribution in [3.8, 4) is 6.07 Å². The summed E-state index contributed by atoms with van der Waals surface area (Å²) in [6.45, 7) is 4.36. The molecule has 0 amide bonds. The zero-order valence-corrected chi connectivity index (χ0v) is 7.51. The minimum atomic E-state index is 0.620. The third kappa shape index (κ3) is 5.66.